The maximum atomic E-state index is 12.2. The molecule has 3 aromatic rings. The number of carbonyl (C=O) groups excluding carboxylic acids is 1. The Hall–Kier alpha value is -2.57. The Labute approximate surface area is 169 Å². The van der Waals surface area contributed by atoms with E-state index in [0.29, 0.717) is 12.3 Å². The molecule has 0 unspecified atom stereocenters. The highest BCUT2D eigenvalue weighted by Gasteiger charge is 2.09. The molecular weight excluding hydrogens is 370 g/mol. The largest absolute Gasteiger partial charge is 0.354 e. The number of thioether (sulfide) groups is 1. The van der Waals surface area contributed by atoms with Crippen LogP contribution in [0.25, 0.3) is 10.9 Å². The Balaban J connectivity index is 1.49. The second-order valence-electron chi connectivity index (χ2n) is 6.79. The smallest absolute Gasteiger partial charge is 0.251 e. The molecule has 3 rings (SSSR count). The first-order valence-corrected chi connectivity index (χ1v) is 10.2. The van der Waals surface area contributed by atoms with Gasteiger partial charge in [-0.15, -0.1) is 11.8 Å². The van der Waals surface area contributed by atoms with E-state index in [1.165, 1.54) is 17.3 Å². The van der Waals surface area contributed by atoms with Crippen LogP contribution >= 0.6 is 11.8 Å². The monoisotopic (exact) mass is 395 g/mol. The van der Waals surface area contributed by atoms with Crippen molar-refractivity contribution in [3.05, 3.63) is 76.6 Å². The molecule has 0 atom stereocenters. The van der Waals surface area contributed by atoms with Gasteiger partial charge in [0, 0.05) is 43.0 Å². The van der Waals surface area contributed by atoms with Gasteiger partial charge in [-0.25, -0.2) is 0 Å². The Kier molecular flexibility index (Phi) is 6.90. The highest BCUT2D eigenvalue weighted by Crippen LogP contribution is 2.25. The number of aryl methyl sites for hydroxylation is 1. The molecule has 6 heteroatoms. The molecule has 1 aromatic heterocycles. The quantitative estimate of drug-likeness (QED) is 0.596. The lowest BCUT2D eigenvalue weighted by atomic mass is 10.2. The number of nitrogens with one attached hydrogen (secondary N) is 1. The third-order valence-corrected chi connectivity index (χ3v) is 5.64. The van der Waals surface area contributed by atoms with Crippen molar-refractivity contribution in [1.82, 2.24) is 14.8 Å². The number of fused-ring (bicyclic) bond motifs is 1. The number of aromatic nitrogens is 1. The number of benzene rings is 2. The summed E-state index contributed by atoms with van der Waals surface area (Å²) >= 11 is 1.40. The van der Waals surface area contributed by atoms with Crippen LogP contribution < -0.4 is 10.9 Å². The zero-order valence-corrected chi connectivity index (χ0v) is 17.0. The van der Waals surface area contributed by atoms with Crippen LogP contribution in [0.2, 0.25) is 0 Å². The average molecular weight is 396 g/mol. The van der Waals surface area contributed by atoms with Gasteiger partial charge in [-0.1, -0.05) is 48.5 Å². The van der Waals surface area contributed by atoms with Crippen LogP contribution in [-0.4, -0.2) is 41.3 Å². The molecule has 0 saturated heterocycles. The molecule has 0 spiro atoms. The number of nitrogens with zero attached hydrogens (tertiary/aromatic N) is 2. The number of para-hydroxylation sites is 1. The fraction of sp³-hybridized carbons (Fsp3) is 0.273. The summed E-state index contributed by atoms with van der Waals surface area (Å²) in [6.07, 6.45) is 0. The lowest BCUT2D eigenvalue weighted by molar-refractivity contribution is -0.118. The number of amides is 1. The van der Waals surface area contributed by atoms with Crippen molar-refractivity contribution in [3.63, 3.8) is 0 Å². The van der Waals surface area contributed by atoms with E-state index in [2.05, 4.69) is 22.3 Å². The molecule has 1 amide bonds. The summed E-state index contributed by atoms with van der Waals surface area (Å²) in [7, 11) is 3.80. The van der Waals surface area contributed by atoms with Gasteiger partial charge in [-0.3, -0.25) is 9.59 Å². The van der Waals surface area contributed by atoms with Crippen molar-refractivity contribution < 1.29 is 4.79 Å². The SMILES string of the molecule is CN(CCNC(=O)CSc1cc(=O)n(C)c2ccccc12)Cc1ccccc1. The highest BCUT2D eigenvalue weighted by atomic mass is 32.2. The Bertz CT molecular complexity index is 1000. The molecule has 0 saturated carbocycles. The molecule has 0 aliphatic heterocycles. The number of pyridine rings is 1. The highest BCUT2D eigenvalue weighted by molar-refractivity contribution is 8.00. The molecule has 1 N–H and O–H groups in total. The Morgan fingerprint density at radius 3 is 2.61 bits per heavy atom. The third kappa shape index (κ3) is 5.24. The minimum Gasteiger partial charge on any atom is -0.354 e. The van der Waals surface area contributed by atoms with Crippen LogP contribution in [0.3, 0.4) is 0 Å². The zero-order chi connectivity index (χ0) is 19.9. The van der Waals surface area contributed by atoms with Crippen molar-refractivity contribution in [2.75, 3.05) is 25.9 Å². The Morgan fingerprint density at radius 2 is 1.82 bits per heavy atom. The molecule has 28 heavy (non-hydrogen) atoms. The molecule has 146 valence electrons. The summed E-state index contributed by atoms with van der Waals surface area (Å²) in [5, 5.41) is 3.95. The first-order chi connectivity index (χ1) is 13.5. The molecule has 2 aromatic carbocycles. The van der Waals surface area contributed by atoms with Crippen LogP contribution in [0.4, 0.5) is 0 Å². The number of carbonyl (C=O) groups is 1. The minimum absolute atomic E-state index is 0.0251. The summed E-state index contributed by atoms with van der Waals surface area (Å²) in [6.45, 7) is 2.23. The van der Waals surface area contributed by atoms with Gasteiger partial charge in [0.1, 0.15) is 0 Å². The second kappa shape index (κ2) is 9.57. The lowest BCUT2D eigenvalue weighted by Crippen LogP contribution is -2.33. The van der Waals surface area contributed by atoms with E-state index in [1.54, 1.807) is 17.7 Å². The topological polar surface area (TPSA) is 54.3 Å². The molecular formula is C22H25N3O2S. The molecule has 0 radical (unpaired) electrons. The fourth-order valence-corrected chi connectivity index (χ4v) is 3.95. The molecule has 0 aliphatic rings. The van der Waals surface area contributed by atoms with Crippen LogP contribution in [0.15, 0.2) is 70.4 Å². The molecule has 0 bridgehead atoms. The second-order valence-corrected chi connectivity index (χ2v) is 7.80. The lowest BCUT2D eigenvalue weighted by Gasteiger charge is -2.17. The van der Waals surface area contributed by atoms with E-state index in [9.17, 15) is 9.59 Å². The number of hydrogen-bond donors (Lipinski definition) is 1. The van der Waals surface area contributed by atoms with E-state index < -0.39 is 0 Å². The van der Waals surface area contributed by atoms with Gasteiger partial charge < -0.3 is 14.8 Å². The van der Waals surface area contributed by atoms with E-state index in [-0.39, 0.29) is 11.5 Å². The van der Waals surface area contributed by atoms with E-state index >= 15 is 0 Å². The summed E-state index contributed by atoms with van der Waals surface area (Å²) in [4.78, 5) is 27.4. The van der Waals surface area contributed by atoms with Crippen molar-refractivity contribution >= 4 is 28.6 Å². The van der Waals surface area contributed by atoms with Gasteiger partial charge >= 0.3 is 0 Å². The average Bonchev–Trinajstić information content (AvgIpc) is 2.70. The van der Waals surface area contributed by atoms with Crippen molar-refractivity contribution in [3.8, 4) is 0 Å². The summed E-state index contributed by atoms with van der Waals surface area (Å²) < 4.78 is 1.63. The van der Waals surface area contributed by atoms with Crippen LogP contribution in [0.5, 0.6) is 0 Å². The predicted molar refractivity (Wildman–Crippen MR) is 116 cm³/mol. The van der Waals surface area contributed by atoms with Gasteiger partial charge in [-0.05, 0) is 18.7 Å². The fourth-order valence-electron chi connectivity index (χ4n) is 3.05. The van der Waals surface area contributed by atoms with E-state index in [1.807, 2.05) is 49.5 Å². The zero-order valence-electron chi connectivity index (χ0n) is 16.2. The maximum absolute atomic E-state index is 12.2. The van der Waals surface area contributed by atoms with E-state index in [4.69, 9.17) is 0 Å². The maximum Gasteiger partial charge on any atom is 0.251 e. The summed E-state index contributed by atoms with van der Waals surface area (Å²) in [6, 6.07) is 19.6. The van der Waals surface area contributed by atoms with Gasteiger partial charge in [0.2, 0.25) is 5.91 Å². The third-order valence-electron chi connectivity index (χ3n) is 4.59. The van der Waals surface area contributed by atoms with Crippen LogP contribution in [0.1, 0.15) is 5.56 Å². The minimum atomic E-state index is -0.0656. The van der Waals surface area contributed by atoms with Gasteiger partial charge in [0.25, 0.3) is 5.56 Å². The van der Waals surface area contributed by atoms with Crippen molar-refractivity contribution in [1.29, 1.82) is 0 Å². The predicted octanol–water partition coefficient (Wildman–Crippen LogP) is 2.88. The molecule has 0 aliphatic carbocycles. The molecule has 0 fully saturated rings. The van der Waals surface area contributed by atoms with Crippen LogP contribution in [0, 0.1) is 0 Å². The first kappa shape index (κ1) is 20.2. The van der Waals surface area contributed by atoms with Crippen LogP contribution in [-0.2, 0) is 18.4 Å². The normalized spacial score (nSPS) is 11.1. The van der Waals surface area contributed by atoms with Crippen molar-refractivity contribution in [2.24, 2.45) is 7.05 Å². The number of rotatable bonds is 8. The summed E-state index contributed by atoms with van der Waals surface area (Å²) in [5.74, 6) is 0.266. The number of hydrogen-bond acceptors (Lipinski definition) is 4. The van der Waals surface area contributed by atoms with Gasteiger partial charge in [0.05, 0.1) is 11.3 Å². The van der Waals surface area contributed by atoms with Crippen molar-refractivity contribution in [2.45, 2.75) is 11.4 Å². The van der Waals surface area contributed by atoms with Gasteiger partial charge in [0.15, 0.2) is 0 Å². The van der Waals surface area contributed by atoms with E-state index in [0.717, 1.165) is 28.9 Å². The molecule has 1 heterocycles. The Morgan fingerprint density at radius 1 is 1.11 bits per heavy atom. The molecule has 5 nitrogen and oxygen atoms in total. The summed E-state index contributed by atoms with van der Waals surface area (Å²) in [5.41, 5.74) is 2.06. The first-order valence-electron chi connectivity index (χ1n) is 9.25. The number of likely N-dealkylation sites (N-methyl/N-ethyl adjacent to an activating group) is 1. The standard InChI is InChI=1S/C22H25N3O2S/c1-24(15-17-8-4-3-5-9-17)13-12-23-21(26)16-28-20-14-22(27)25(2)19-11-7-6-10-18(19)20/h3-11,14H,12-13,15-16H2,1-2H3,(H,23,26). The van der Waals surface area contributed by atoms with Gasteiger partial charge in [-0.2, -0.15) is 0 Å².